The van der Waals surface area contributed by atoms with Gasteiger partial charge >= 0.3 is 11.9 Å². The molecule has 0 N–H and O–H groups in total. The summed E-state index contributed by atoms with van der Waals surface area (Å²) in [5, 5.41) is 0. The molecule has 0 heterocycles. The third kappa shape index (κ3) is 4.69. The average Bonchev–Trinajstić information content (AvgIpc) is 2.37. The molecule has 1 rings (SSSR count). The SMILES string of the molecule is CCC(=O)OC(OC(=O)CC)C1CCC(C)=CC1C. The second-order valence-electron chi connectivity index (χ2n) is 5.13. The predicted molar refractivity (Wildman–Crippen MR) is 72.2 cm³/mol. The van der Waals surface area contributed by atoms with E-state index < -0.39 is 6.29 Å². The Bertz CT molecular complexity index is 341. The van der Waals surface area contributed by atoms with Crippen LogP contribution in [0.5, 0.6) is 0 Å². The molecule has 0 saturated carbocycles. The Morgan fingerprint density at radius 2 is 1.79 bits per heavy atom. The minimum absolute atomic E-state index is 0.0506. The number of allylic oxidation sites excluding steroid dienone is 2. The van der Waals surface area contributed by atoms with E-state index in [4.69, 9.17) is 9.47 Å². The number of hydrogen-bond acceptors (Lipinski definition) is 4. The van der Waals surface area contributed by atoms with Crippen molar-refractivity contribution in [1.29, 1.82) is 0 Å². The van der Waals surface area contributed by atoms with E-state index in [0.29, 0.717) is 0 Å². The molecule has 108 valence electrons. The van der Waals surface area contributed by atoms with E-state index in [1.165, 1.54) is 5.57 Å². The van der Waals surface area contributed by atoms with Gasteiger partial charge in [-0.15, -0.1) is 0 Å². The van der Waals surface area contributed by atoms with Crippen molar-refractivity contribution in [2.45, 2.75) is 59.7 Å². The zero-order valence-corrected chi connectivity index (χ0v) is 12.3. The Labute approximate surface area is 115 Å². The quantitative estimate of drug-likeness (QED) is 0.436. The van der Waals surface area contributed by atoms with Gasteiger partial charge in [-0.05, 0) is 25.7 Å². The molecule has 0 aromatic rings. The molecule has 4 heteroatoms. The van der Waals surface area contributed by atoms with Crippen molar-refractivity contribution in [2.75, 3.05) is 0 Å². The monoisotopic (exact) mass is 268 g/mol. The standard InChI is InChI=1S/C15H24O4/c1-5-13(16)18-15(19-14(17)6-2)12-8-7-10(3)9-11(12)4/h9,11-12,15H,5-8H2,1-4H3. The van der Waals surface area contributed by atoms with Gasteiger partial charge in [0.15, 0.2) is 0 Å². The Hall–Kier alpha value is -1.32. The summed E-state index contributed by atoms with van der Waals surface area (Å²) in [5.41, 5.74) is 1.34. The summed E-state index contributed by atoms with van der Waals surface area (Å²) in [7, 11) is 0. The van der Waals surface area contributed by atoms with Gasteiger partial charge in [-0.25, -0.2) is 0 Å². The third-order valence-corrected chi connectivity index (χ3v) is 3.52. The van der Waals surface area contributed by atoms with E-state index in [1.54, 1.807) is 13.8 Å². The molecular formula is C15H24O4. The third-order valence-electron chi connectivity index (χ3n) is 3.52. The number of ether oxygens (including phenoxy) is 2. The van der Waals surface area contributed by atoms with Crippen LogP contribution in [0.25, 0.3) is 0 Å². The lowest BCUT2D eigenvalue weighted by Gasteiger charge is -2.32. The highest BCUT2D eigenvalue weighted by atomic mass is 16.7. The van der Waals surface area contributed by atoms with Crippen LogP contribution in [0.4, 0.5) is 0 Å². The number of carbonyl (C=O) groups excluding carboxylic acids is 2. The van der Waals surface area contributed by atoms with E-state index in [1.807, 2.05) is 0 Å². The maximum Gasteiger partial charge on any atom is 0.308 e. The van der Waals surface area contributed by atoms with Crippen molar-refractivity contribution >= 4 is 11.9 Å². The van der Waals surface area contributed by atoms with Crippen molar-refractivity contribution in [2.24, 2.45) is 11.8 Å². The fourth-order valence-electron chi connectivity index (χ4n) is 2.32. The van der Waals surface area contributed by atoms with E-state index in [9.17, 15) is 9.59 Å². The largest absolute Gasteiger partial charge is 0.425 e. The lowest BCUT2D eigenvalue weighted by atomic mass is 9.81. The van der Waals surface area contributed by atoms with Crippen molar-refractivity contribution < 1.29 is 19.1 Å². The number of rotatable bonds is 5. The Balaban J connectivity index is 2.77. The molecule has 19 heavy (non-hydrogen) atoms. The minimum Gasteiger partial charge on any atom is -0.425 e. The molecule has 0 saturated heterocycles. The Kier molecular flexibility index (Phi) is 6.06. The molecule has 0 aliphatic heterocycles. The van der Waals surface area contributed by atoms with E-state index in [-0.39, 0.29) is 36.6 Å². The van der Waals surface area contributed by atoms with Crippen LogP contribution in [0.3, 0.4) is 0 Å². The zero-order valence-electron chi connectivity index (χ0n) is 12.3. The van der Waals surface area contributed by atoms with Gasteiger partial charge in [0.1, 0.15) is 0 Å². The van der Waals surface area contributed by atoms with Gasteiger partial charge in [0, 0.05) is 18.8 Å². The fourth-order valence-corrected chi connectivity index (χ4v) is 2.32. The highest BCUT2D eigenvalue weighted by molar-refractivity contribution is 5.71. The predicted octanol–water partition coefficient (Wildman–Crippen LogP) is 3.21. The van der Waals surface area contributed by atoms with Crippen LogP contribution in [0.2, 0.25) is 0 Å². The van der Waals surface area contributed by atoms with Crippen LogP contribution in [0.1, 0.15) is 53.4 Å². The van der Waals surface area contributed by atoms with E-state index in [2.05, 4.69) is 19.9 Å². The van der Waals surface area contributed by atoms with Crippen LogP contribution >= 0.6 is 0 Å². The summed E-state index contributed by atoms with van der Waals surface area (Å²) in [5.74, 6) is -0.359. The number of carbonyl (C=O) groups is 2. The van der Waals surface area contributed by atoms with Crippen LogP contribution in [0, 0.1) is 11.8 Å². The normalized spacial score (nSPS) is 22.9. The van der Waals surface area contributed by atoms with E-state index >= 15 is 0 Å². The molecule has 1 aliphatic rings. The summed E-state index contributed by atoms with van der Waals surface area (Å²) in [6.07, 6.45) is 3.83. The van der Waals surface area contributed by atoms with Crippen molar-refractivity contribution in [3.63, 3.8) is 0 Å². The summed E-state index contributed by atoms with van der Waals surface area (Å²) >= 11 is 0. The Morgan fingerprint density at radius 3 is 2.21 bits per heavy atom. The molecule has 0 radical (unpaired) electrons. The van der Waals surface area contributed by atoms with Crippen molar-refractivity contribution in [3.8, 4) is 0 Å². The zero-order chi connectivity index (χ0) is 14.4. The summed E-state index contributed by atoms with van der Waals surface area (Å²) < 4.78 is 10.6. The summed E-state index contributed by atoms with van der Waals surface area (Å²) in [4.78, 5) is 23.0. The smallest absolute Gasteiger partial charge is 0.308 e. The fraction of sp³-hybridized carbons (Fsp3) is 0.733. The lowest BCUT2D eigenvalue weighted by molar-refractivity contribution is -0.201. The minimum atomic E-state index is -0.751. The first kappa shape index (κ1) is 15.7. The van der Waals surface area contributed by atoms with Crippen molar-refractivity contribution in [3.05, 3.63) is 11.6 Å². The second-order valence-corrected chi connectivity index (χ2v) is 5.13. The average molecular weight is 268 g/mol. The van der Waals surface area contributed by atoms with Crippen LogP contribution in [-0.4, -0.2) is 18.2 Å². The molecule has 2 unspecified atom stereocenters. The number of hydrogen-bond donors (Lipinski definition) is 0. The molecule has 0 amide bonds. The van der Waals surface area contributed by atoms with Gasteiger partial charge in [-0.1, -0.05) is 32.4 Å². The maximum absolute atomic E-state index is 11.5. The van der Waals surface area contributed by atoms with Gasteiger partial charge in [-0.2, -0.15) is 0 Å². The summed E-state index contributed by atoms with van der Waals surface area (Å²) in [6.45, 7) is 7.63. The molecule has 0 spiro atoms. The Morgan fingerprint density at radius 1 is 1.26 bits per heavy atom. The topological polar surface area (TPSA) is 52.6 Å². The van der Waals surface area contributed by atoms with Gasteiger partial charge in [0.05, 0.1) is 0 Å². The molecule has 0 bridgehead atoms. The summed E-state index contributed by atoms with van der Waals surface area (Å²) in [6, 6.07) is 0. The highest BCUT2D eigenvalue weighted by Gasteiger charge is 2.33. The van der Waals surface area contributed by atoms with Crippen LogP contribution < -0.4 is 0 Å². The van der Waals surface area contributed by atoms with Crippen LogP contribution in [0.15, 0.2) is 11.6 Å². The number of esters is 2. The molecular weight excluding hydrogens is 244 g/mol. The van der Waals surface area contributed by atoms with Gasteiger partial charge < -0.3 is 9.47 Å². The van der Waals surface area contributed by atoms with Gasteiger partial charge in [0.25, 0.3) is 6.29 Å². The first-order valence-electron chi connectivity index (χ1n) is 7.04. The molecule has 1 aliphatic carbocycles. The first-order chi connectivity index (χ1) is 8.97. The molecule has 0 aromatic heterocycles. The molecule has 4 nitrogen and oxygen atoms in total. The highest BCUT2D eigenvalue weighted by Crippen LogP contribution is 2.33. The van der Waals surface area contributed by atoms with Crippen molar-refractivity contribution in [1.82, 2.24) is 0 Å². The lowest BCUT2D eigenvalue weighted by Crippen LogP contribution is -2.36. The van der Waals surface area contributed by atoms with Gasteiger partial charge in [0.2, 0.25) is 0 Å². The van der Waals surface area contributed by atoms with Gasteiger partial charge in [-0.3, -0.25) is 9.59 Å². The molecule has 0 aromatic carbocycles. The maximum atomic E-state index is 11.5. The second kappa shape index (κ2) is 7.31. The van der Waals surface area contributed by atoms with E-state index in [0.717, 1.165) is 12.8 Å². The molecule has 2 atom stereocenters. The van der Waals surface area contributed by atoms with Crippen LogP contribution in [-0.2, 0) is 19.1 Å². The molecule has 0 fully saturated rings. The first-order valence-corrected chi connectivity index (χ1v) is 7.04.